The zero-order valence-electron chi connectivity index (χ0n) is 26.7. The lowest BCUT2D eigenvalue weighted by atomic mass is 9.82. The van der Waals surface area contributed by atoms with Crippen LogP contribution < -0.4 is 25.9 Å². The lowest BCUT2D eigenvalue weighted by Gasteiger charge is -2.23. The van der Waals surface area contributed by atoms with Crippen LogP contribution >= 0.6 is 0 Å². The third-order valence-corrected chi connectivity index (χ3v) is 10.6. The molecule has 232 valence electrons. The first kappa shape index (κ1) is 27.6. The lowest BCUT2D eigenvalue weighted by molar-refractivity contribution is 0.267. The largest absolute Gasteiger partial charge is 0.485 e. The Morgan fingerprint density at radius 2 is 1.56 bits per heavy atom. The number of allylic oxidation sites excluding steroid dienone is 4. The van der Waals surface area contributed by atoms with E-state index in [0.717, 1.165) is 65.5 Å². The van der Waals surface area contributed by atoms with E-state index >= 15 is 0 Å². The van der Waals surface area contributed by atoms with Crippen LogP contribution in [0.5, 0.6) is 5.75 Å². The molecule has 0 saturated heterocycles. The molecule has 4 nitrogen and oxygen atoms in total. The molecule has 4 heteroatoms. The third kappa shape index (κ3) is 4.36. The normalized spacial score (nSPS) is 21.1. The minimum Gasteiger partial charge on any atom is -0.485 e. The van der Waals surface area contributed by atoms with E-state index in [0.29, 0.717) is 0 Å². The quantitative estimate of drug-likeness (QED) is 0.221. The summed E-state index contributed by atoms with van der Waals surface area (Å²) in [7, 11) is 0. The summed E-state index contributed by atoms with van der Waals surface area (Å²) in [5.74, 6) is 2.12. The third-order valence-electron chi connectivity index (χ3n) is 10.6. The monoisotopic (exact) mass is 621 g/mol. The molecule has 0 N–H and O–H groups in total. The molecule has 3 unspecified atom stereocenters. The van der Waals surface area contributed by atoms with Crippen LogP contribution in [0.1, 0.15) is 66.6 Å². The molecular formula is C44H35N3O. The molecule has 0 fully saturated rings. The Morgan fingerprint density at radius 1 is 0.750 bits per heavy atom. The fraction of sp³-hybridized carbons (Fsp3) is 0.182. The maximum Gasteiger partial charge on any atom is 0.136 e. The Labute approximate surface area is 279 Å². The fourth-order valence-corrected chi connectivity index (χ4v) is 8.33. The maximum atomic E-state index is 6.51. The van der Waals surface area contributed by atoms with Crippen molar-refractivity contribution in [2.24, 2.45) is 0 Å². The Morgan fingerprint density at radius 3 is 2.44 bits per heavy atom. The summed E-state index contributed by atoms with van der Waals surface area (Å²) in [6.45, 7) is 0. The van der Waals surface area contributed by atoms with Crippen molar-refractivity contribution in [3.05, 3.63) is 147 Å². The summed E-state index contributed by atoms with van der Waals surface area (Å²) in [6.07, 6.45) is 25.8. The zero-order valence-corrected chi connectivity index (χ0v) is 26.7. The van der Waals surface area contributed by atoms with Crippen molar-refractivity contribution in [3.8, 4) is 28.1 Å². The SMILES string of the molecule is C1=CCCC(n2c3c(c4c2=CCC(c2nc(-c5ccc(-c6ccccc6)cc5)c5c(n2)=CCCC=5)C=4)C2c4ccccc4OC2C=C3)=C1. The number of rotatable bonds is 4. The Bertz CT molecular complexity index is 2460. The molecule has 5 aliphatic rings. The molecule has 0 bridgehead atoms. The smallest absolute Gasteiger partial charge is 0.136 e. The molecule has 3 heterocycles. The van der Waals surface area contributed by atoms with Gasteiger partial charge in [0.2, 0.25) is 0 Å². The first-order chi connectivity index (χ1) is 23.8. The van der Waals surface area contributed by atoms with Gasteiger partial charge in [0.05, 0.1) is 22.7 Å². The van der Waals surface area contributed by atoms with Gasteiger partial charge >= 0.3 is 0 Å². The Hall–Kier alpha value is -5.48. The average molecular weight is 622 g/mol. The second kappa shape index (κ2) is 11.1. The minimum atomic E-state index is -0.000509. The topological polar surface area (TPSA) is 39.9 Å². The molecule has 0 radical (unpaired) electrons. The summed E-state index contributed by atoms with van der Waals surface area (Å²) in [4.78, 5) is 10.6. The highest BCUT2D eigenvalue weighted by atomic mass is 16.5. The maximum absolute atomic E-state index is 6.51. The molecule has 48 heavy (non-hydrogen) atoms. The van der Waals surface area contributed by atoms with E-state index in [9.17, 15) is 0 Å². The van der Waals surface area contributed by atoms with E-state index in [2.05, 4.69) is 138 Å². The van der Waals surface area contributed by atoms with Crippen molar-refractivity contribution >= 4 is 36.1 Å². The van der Waals surface area contributed by atoms with Gasteiger partial charge in [-0.05, 0) is 73.1 Å². The van der Waals surface area contributed by atoms with E-state index in [1.165, 1.54) is 44.2 Å². The summed E-state index contributed by atoms with van der Waals surface area (Å²) in [6, 6.07) is 28.0. The highest BCUT2D eigenvalue weighted by Gasteiger charge is 2.40. The molecule has 2 aromatic heterocycles. The van der Waals surface area contributed by atoms with Gasteiger partial charge in [0.1, 0.15) is 17.7 Å². The first-order valence-corrected chi connectivity index (χ1v) is 17.3. The predicted molar refractivity (Wildman–Crippen MR) is 195 cm³/mol. The van der Waals surface area contributed by atoms with Gasteiger partial charge in [-0.25, -0.2) is 9.97 Å². The fourth-order valence-electron chi connectivity index (χ4n) is 8.33. The van der Waals surface area contributed by atoms with E-state index in [4.69, 9.17) is 14.7 Å². The molecular weight excluding hydrogens is 587 g/mol. The van der Waals surface area contributed by atoms with E-state index in [1.54, 1.807) is 0 Å². The van der Waals surface area contributed by atoms with Crippen LogP contribution in [0.3, 0.4) is 0 Å². The molecule has 1 aliphatic heterocycles. The number of fused-ring (bicyclic) bond motifs is 8. The number of hydrogen-bond donors (Lipinski definition) is 0. The lowest BCUT2D eigenvalue weighted by Crippen LogP contribution is -2.37. The summed E-state index contributed by atoms with van der Waals surface area (Å²) >= 11 is 0. The van der Waals surface area contributed by atoms with Crippen molar-refractivity contribution in [1.29, 1.82) is 0 Å². The standard InChI is InChI=1S/C44H35N3O/c1-3-11-28(12-4-1)29-19-21-30(22-20-29)43-33-15-7-9-17-36(33)45-44(46-43)31-23-24-37-35(27-31)41-38(47(37)32-13-5-2-6-14-32)25-26-40-42(41)34-16-8-10-18-39(34)48-40/h1-5,8,10-13,15-22,24-27,31,40,42H,6-7,9,14,23H2. The van der Waals surface area contributed by atoms with Gasteiger partial charge in [-0.2, -0.15) is 0 Å². The van der Waals surface area contributed by atoms with Gasteiger partial charge in [-0.15, -0.1) is 0 Å². The zero-order chi connectivity index (χ0) is 31.6. The van der Waals surface area contributed by atoms with Crippen LogP contribution in [-0.2, 0) is 0 Å². The summed E-state index contributed by atoms with van der Waals surface area (Å²) in [5, 5.41) is 4.82. The van der Waals surface area contributed by atoms with E-state index in [-0.39, 0.29) is 17.9 Å². The van der Waals surface area contributed by atoms with Crippen molar-refractivity contribution in [2.45, 2.75) is 50.0 Å². The van der Waals surface area contributed by atoms with Crippen molar-refractivity contribution in [3.63, 3.8) is 0 Å². The van der Waals surface area contributed by atoms with E-state index in [1.807, 2.05) is 0 Å². The van der Waals surface area contributed by atoms with E-state index < -0.39 is 0 Å². The van der Waals surface area contributed by atoms with Gasteiger partial charge in [0, 0.05) is 38.5 Å². The number of hydrogen-bond acceptors (Lipinski definition) is 3. The van der Waals surface area contributed by atoms with Crippen LogP contribution in [-0.4, -0.2) is 20.6 Å². The Kier molecular flexibility index (Phi) is 6.36. The molecule has 5 aromatic rings. The molecule has 4 aliphatic carbocycles. The molecule has 0 spiro atoms. The van der Waals surface area contributed by atoms with Crippen LogP contribution in [0.25, 0.3) is 58.5 Å². The molecule has 10 rings (SSSR count). The molecule has 3 aromatic carbocycles. The van der Waals surface area contributed by atoms with Gasteiger partial charge < -0.3 is 9.30 Å². The van der Waals surface area contributed by atoms with Gasteiger partial charge in [-0.3, -0.25) is 0 Å². The van der Waals surface area contributed by atoms with Gasteiger partial charge in [0.15, 0.2) is 0 Å². The second-order valence-corrected chi connectivity index (χ2v) is 13.4. The number of ether oxygens (including phenoxy) is 1. The van der Waals surface area contributed by atoms with Crippen molar-refractivity contribution in [1.82, 2.24) is 14.5 Å². The minimum absolute atomic E-state index is 0.000509. The van der Waals surface area contributed by atoms with Crippen molar-refractivity contribution in [2.75, 3.05) is 0 Å². The summed E-state index contributed by atoms with van der Waals surface area (Å²) in [5.41, 5.74) is 9.88. The molecule has 0 saturated carbocycles. The van der Waals surface area contributed by atoms with Crippen molar-refractivity contribution < 1.29 is 4.74 Å². The molecule has 0 amide bonds. The number of nitrogens with zero attached hydrogens (tertiary/aromatic N) is 3. The first-order valence-electron chi connectivity index (χ1n) is 17.3. The average Bonchev–Trinajstić information content (AvgIpc) is 3.70. The number of para-hydroxylation sites is 1. The van der Waals surface area contributed by atoms with Crippen LogP contribution in [0.4, 0.5) is 0 Å². The van der Waals surface area contributed by atoms with Gasteiger partial charge in [-0.1, -0.05) is 109 Å². The van der Waals surface area contributed by atoms with Crippen LogP contribution in [0.15, 0.2) is 103 Å². The number of aromatic nitrogens is 3. The highest BCUT2D eigenvalue weighted by Crippen LogP contribution is 2.45. The second-order valence-electron chi connectivity index (χ2n) is 13.4. The number of benzene rings is 3. The molecule has 3 atom stereocenters. The highest BCUT2D eigenvalue weighted by molar-refractivity contribution is 5.72. The Balaban J connectivity index is 1.14. The van der Waals surface area contributed by atoms with Crippen LogP contribution in [0, 0.1) is 0 Å². The van der Waals surface area contributed by atoms with Gasteiger partial charge in [0.25, 0.3) is 0 Å². The summed E-state index contributed by atoms with van der Waals surface area (Å²) < 4.78 is 9.03. The predicted octanol–water partition coefficient (Wildman–Crippen LogP) is 6.83. The van der Waals surface area contributed by atoms with Crippen LogP contribution in [0.2, 0.25) is 0 Å².